The summed E-state index contributed by atoms with van der Waals surface area (Å²) in [5.74, 6) is 0.508. The molecular weight excluding hydrogens is 414 g/mol. The molecular formula is C22H25N5O3S. The van der Waals surface area contributed by atoms with Gasteiger partial charge in [-0.15, -0.1) is 11.8 Å². The second-order valence-electron chi connectivity index (χ2n) is 8.35. The van der Waals surface area contributed by atoms with Crippen LogP contribution in [0.5, 0.6) is 0 Å². The zero-order valence-corrected chi connectivity index (χ0v) is 18.4. The first kappa shape index (κ1) is 21.4. The maximum Gasteiger partial charge on any atom is 0.252 e. The number of aromatic nitrogens is 1. The van der Waals surface area contributed by atoms with Gasteiger partial charge in [-0.25, -0.2) is 0 Å². The molecule has 8 nitrogen and oxygen atoms in total. The largest absolute Gasteiger partial charge is 0.384 e. The third kappa shape index (κ3) is 4.31. The molecule has 4 rings (SSSR count). The Morgan fingerprint density at radius 1 is 1.39 bits per heavy atom. The monoisotopic (exact) mass is 439 g/mol. The van der Waals surface area contributed by atoms with Crippen molar-refractivity contribution in [3.63, 3.8) is 0 Å². The highest BCUT2D eigenvalue weighted by Gasteiger charge is 2.39. The van der Waals surface area contributed by atoms with Crippen LogP contribution in [0.2, 0.25) is 0 Å². The van der Waals surface area contributed by atoms with Gasteiger partial charge in [-0.3, -0.25) is 14.6 Å². The number of amides is 2. The van der Waals surface area contributed by atoms with E-state index in [2.05, 4.69) is 28.2 Å². The first-order valence-electron chi connectivity index (χ1n) is 10.1. The zero-order valence-electron chi connectivity index (χ0n) is 17.6. The van der Waals surface area contributed by atoms with Gasteiger partial charge in [0.2, 0.25) is 5.91 Å². The lowest BCUT2D eigenvalue weighted by Gasteiger charge is -2.49. The summed E-state index contributed by atoms with van der Waals surface area (Å²) in [6.45, 7) is 4.54. The van der Waals surface area contributed by atoms with Gasteiger partial charge in [0.05, 0.1) is 36.2 Å². The number of benzene rings is 1. The first-order valence-corrected chi connectivity index (χ1v) is 11.3. The van der Waals surface area contributed by atoms with Crippen molar-refractivity contribution in [2.75, 3.05) is 49.9 Å². The van der Waals surface area contributed by atoms with Crippen molar-refractivity contribution >= 4 is 40.2 Å². The molecule has 1 N–H and O–H groups in total. The normalized spacial score (nSPS) is 19.7. The van der Waals surface area contributed by atoms with E-state index in [0.717, 1.165) is 29.7 Å². The second-order valence-corrected chi connectivity index (χ2v) is 9.35. The number of carbonyl (C=O) groups is 2. The van der Waals surface area contributed by atoms with Crippen molar-refractivity contribution in [3.05, 3.63) is 36.0 Å². The fourth-order valence-corrected chi connectivity index (χ4v) is 5.28. The summed E-state index contributed by atoms with van der Waals surface area (Å²) in [6.07, 6.45) is 1.60. The number of nitrogens with zero attached hydrogens (tertiary/aromatic N) is 4. The molecule has 1 aromatic carbocycles. The number of rotatable bonds is 6. The van der Waals surface area contributed by atoms with E-state index in [1.807, 2.05) is 18.2 Å². The first-order chi connectivity index (χ1) is 14.9. The number of anilines is 1. The maximum absolute atomic E-state index is 12.9. The van der Waals surface area contributed by atoms with Gasteiger partial charge >= 0.3 is 0 Å². The van der Waals surface area contributed by atoms with E-state index in [4.69, 9.17) is 10.00 Å². The third-order valence-corrected chi connectivity index (χ3v) is 6.74. The Morgan fingerprint density at radius 2 is 2.19 bits per heavy atom. The minimum absolute atomic E-state index is 0.133. The second kappa shape index (κ2) is 8.73. The summed E-state index contributed by atoms with van der Waals surface area (Å²) in [5.41, 5.74) is 2.37. The topological polar surface area (TPSA) is 98.6 Å². The Bertz CT molecular complexity index is 1050. The summed E-state index contributed by atoms with van der Waals surface area (Å²) in [7, 11) is 1.72. The highest BCUT2D eigenvalue weighted by molar-refractivity contribution is 7.99. The van der Waals surface area contributed by atoms with E-state index in [-0.39, 0.29) is 23.8 Å². The molecule has 0 spiro atoms. The van der Waals surface area contributed by atoms with Crippen molar-refractivity contribution in [3.8, 4) is 6.07 Å². The number of nitriles is 1. The highest BCUT2D eigenvalue weighted by atomic mass is 32.2. The lowest BCUT2D eigenvalue weighted by atomic mass is 9.82. The minimum atomic E-state index is -0.431. The summed E-state index contributed by atoms with van der Waals surface area (Å²) < 4.78 is 5.31. The number of thioether (sulfide) groups is 1. The van der Waals surface area contributed by atoms with Crippen LogP contribution in [0.3, 0.4) is 0 Å². The van der Waals surface area contributed by atoms with E-state index in [9.17, 15) is 9.59 Å². The number of nitrogens with one attached hydrogen (secondary N) is 1. The molecule has 9 heteroatoms. The van der Waals surface area contributed by atoms with Crippen LogP contribution in [0.4, 0.5) is 5.69 Å². The van der Waals surface area contributed by atoms with E-state index in [1.165, 1.54) is 16.7 Å². The molecule has 31 heavy (non-hydrogen) atoms. The number of methoxy groups -OCH3 is 1. The zero-order chi connectivity index (χ0) is 22.0. The number of hydrogen-bond donors (Lipinski definition) is 1. The Morgan fingerprint density at radius 3 is 2.94 bits per heavy atom. The van der Waals surface area contributed by atoms with Gasteiger partial charge in [0.1, 0.15) is 6.04 Å². The van der Waals surface area contributed by atoms with Gasteiger partial charge in [0, 0.05) is 48.6 Å². The van der Waals surface area contributed by atoms with Gasteiger partial charge in [0.25, 0.3) is 5.91 Å². The summed E-state index contributed by atoms with van der Waals surface area (Å²) in [4.78, 5) is 33.4. The van der Waals surface area contributed by atoms with Crippen LogP contribution in [0.1, 0.15) is 17.3 Å². The standard InChI is InChI=1S/C22H25N5O3S/c1-22(13-30-2)11-26(12-22)15-3-4-19-18(7-15)17(5-6-24-19)21(29)25-9-20(28)27-14-31-10-16(27)8-23/h3-7,16H,9-14H2,1-2H3,(H,25,29). The smallest absolute Gasteiger partial charge is 0.252 e. The van der Waals surface area contributed by atoms with Crippen molar-refractivity contribution in [1.29, 1.82) is 5.26 Å². The molecule has 1 atom stereocenters. The summed E-state index contributed by atoms with van der Waals surface area (Å²) in [5, 5.41) is 12.6. The highest BCUT2D eigenvalue weighted by Crippen LogP contribution is 2.35. The molecule has 2 aliphatic rings. The number of fused-ring (bicyclic) bond motifs is 1. The van der Waals surface area contributed by atoms with Crippen molar-refractivity contribution in [1.82, 2.24) is 15.2 Å². The van der Waals surface area contributed by atoms with Gasteiger partial charge in [0.15, 0.2) is 0 Å². The minimum Gasteiger partial charge on any atom is -0.384 e. The summed E-state index contributed by atoms with van der Waals surface area (Å²) in [6, 6.07) is 9.28. The van der Waals surface area contributed by atoms with Crippen LogP contribution in [-0.2, 0) is 9.53 Å². The molecule has 0 saturated carbocycles. The fraction of sp³-hybridized carbons (Fsp3) is 0.455. The number of hydrogen-bond acceptors (Lipinski definition) is 7. The molecule has 3 heterocycles. The quantitative estimate of drug-likeness (QED) is 0.734. The lowest BCUT2D eigenvalue weighted by molar-refractivity contribution is -0.129. The molecule has 0 radical (unpaired) electrons. The molecule has 2 amide bonds. The fourth-order valence-electron chi connectivity index (χ4n) is 4.17. The predicted octanol–water partition coefficient (Wildman–Crippen LogP) is 1.86. The Hall–Kier alpha value is -2.83. The van der Waals surface area contributed by atoms with Crippen molar-refractivity contribution in [2.24, 2.45) is 5.41 Å². The van der Waals surface area contributed by atoms with Crippen LogP contribution < -0.4 is 10.2 Å². The van der Waals surface area contributed by atoms with Gasteiger partial charge < -0.3 is 19.9 Å². The molecule has 2 aromatic rings. The van der Waals surface area contributed by atoms with E-state index in [1.54, 1.807) is 19.4 Å². The van der Waals surface area contributed by atoms with Gasteiger partial charge in [-0.05, 0) is 24.3 Å². The molecule has 2 saturated heterocycles. The molecule has 2 aliphatic heterocycles. The molecule has 1 aromatic heterocycles. The molecule has 1 unspecified atom stereocenters. The van der Waals surface area contributed by atoms with Gasteiger partial charge in [-0.1, -0.05) is 6.92 Å². The van der Waals surface area contributed by atoms with Crippen LogP contribution >= 0.6 is 11.8 Å². The Kier molecular flexibility index (Phi) is 6.03. The third-order valence-electron chi connectivity index (χ3n) is 5.72. The van der Waals surface area contributed by atoms with Crippen LogP contribution in [0.15, 0.2) is 30.5 Å². The maximum atomic E-state index is 12.9. The van der Waals surface area contributed by atoms with Gasteiger partial charge in [-0.2, -0.15) is 5.26 Å². The van der Waals surface area contributed by atoms with Crippen molar-refractivity contribution < 1.29 is 14.3 Å². The average Bonchev–Trinajstić information content (AvgIpc) is 3.24. The Labute approximate surface area is 185 Å². The number of carbonyl (C=O) groups excluding carboxylic acids is 2. The van der Waals surface area contributed by atoms with E-state index < -0.39 is 6.04 Å². The average molecular weight is 440 g/mol. The van der Waals surface area contributed by atoms with Crippen LogP contribution in [0, 0.1) is 16.7 Å². The molecule has 2 fully saturated rings. The SMILES string of the molecule is COCC1(C)CN(c2ccc3nccc(C(=O)NCC(=O)N4CSCC4C#N)c3c2)C1. The summed E-state index contributed by atoms with van der Waals surface area (Å²) >= 11 is 1.54. The Balaban J connectivity index is 1.48. The predicted molar refractivity (Wildman–Crippen MR) is 120 cm³/mol. The number of pyridine rings is 1. The van der Waals surface area contributed by atoms with E-state index in [0.29, 0.717) is 23.8 Å². The lowest BCUT2D eigenvalue weighted by Crippen LogP contribution is -2.57. The van der Waals surface area contributed by atoms with Crippen LogP contribution in [0.25, 0.3) is 10.9 Å². The van der Waals surface area contributed by atoms with E-state index >= 15 is 0 Å². The molecule has 162 valence electrons. The molecule has 0 aliphatic carbocycles. The molecule has 0 bridgehead atoms. The number of ether oxygens (including phenoxy) is 1. The van der Waals surface area contributed by atoms with Crippen molar-refractivity contribution in [2.45, 2.75) is 13.0 Å². The van der Waals surface area contributed by atoms with Crippen LogP contribution in [-0.4, -0.2) is 72.7 Å².